The summed E-state index contributed by atoms with van der Waals surface area (Å²) in [5.41, 5.74) is 0.240. The van der Waals surface area contributed by atoms with E-state index in [9.17, 15) is 14.4 Å². The molecule has 0 aliphatic carbocycles. The van der Waals surface area contributed by atoms with Crippen molar-refractivity contribution in [3.8, 4) is 0 Å². The van der Waals surface area contributed by atoms with Crippen molar-refractivity contribution in [2.24, 2.45) is 0 Å². The fourth-order valence-corrected chi connectivity index (χ4v) is 1.93. The number of aromatic nitrogens is 1. The molecule has 1 fully saturated rings. The number of rotatable bonds is 4. The Balaban J connectivity index is 2.20. The minimum atomic E-state index is -0.699. The van der Waals surface area contributed by atoms with Gasteiger partial charge in [-0.3, -0.25) is 14.5 Å². The summed E-state index contributed by atoms with van der Waals surface area (Å²) in [6.07, 6.45) is 1.55. The molecule has 20 heavy (non-hydrogen) atoms. The topological polar surface area (TPSA) is 88.6 Å². The maximum absolute atomic E-state index is 11.8. The Morgan fingerprint density at radius 3 is 2.90 bits per heavy atom. The van der Waals surface area contributed by atoms with Gasteiger partial charge in [-0.1, -0.05) is 0 Å². The normalized spacial score (nSPS) is 18.3. The van der Waals surface area contributed by atoms with Crippen LogP contribution in [0.4, 0.5) is 5.82 Å². The van der Waals surface area contributed by atoms with Crippen LogP contribution in [0.1, 0.15) is 23.7 Å². The monoisotopic (exact) mass is 277 g/mol. The van der Waals surface area contributed by atoms with Gasteiger partial charge < -0.3 is 10.1 Å². The van der Waals surface area contributed by atoms with Crippen LogP contribution in [0.5, 0.6) is 0 Å². The fourth-order valence-electron chi connectivity index (χ4n) is 1.93. The quantitative estimate of drug-likeness (QED) is 0.634. The van der Waals surface area contributed by atoms with Gasteiger partial charge in [0.2, 0.25) is 5.91 Å². The van der Waals surface area contributed by atoms with E-state index in [-0.39, 0.29) is 36.2 Å². The molecule has 1 unspecified atom stereocenters. The standard InChI is InChI=1S/C13H15N3O4/c1-3-20-13(19)8-5-4-6-14-11(8)15-9-7-10(17)16(2)12(9)18/h4-6,9H,3,7H2,1-2H3,(H,14,15). The van der Waals surface area contributed by atoms with E-state index in [2.05, 4.69) is 10.3 Å². The number of ether oxygens (including phenoxy) is 1. The van der Waals surface area contributed by atoms with Crippen LogP contribution in [0.3, 0.4) is 0 Å². The first kappa shape index (κ1) is 14.0. The summed E-state index contributed by atoms with van der Waals surface area (Å²) in [4.78, 5) is 40.2. The third-order valence-electron chi connectivity index (χ3n) is 3.00. The second kappa shape index (κ2) is 5.68. The lowest BCUT2D eigenvalue weighted by atomic mass is 10.2. The number of imide groups is 1. The number of esters is 1. The third kappa shape index (κ3) is 2.61. The Bertz CT molecular complexity index is 558. The maximum Gasteiger partial charge on any atom is 0.341 e. The van der Waals surface area contributed by atoms with E-state index in [1.807, 2.05) is 0 Å². The molecular weight excluding hydrogens is 262 g/mol. The molecule has 0 aromatic carbocycles. The van der Waals surface area contributed by atoms with E-state index in [0.717, 1.165) is 4.90 Å². The van der Waals surface area contributed by atoms with E-state index in [0.29, 0.717) is 0 Å². The van der Waals surface area contributed by atoms with E-state index in [1.165, 1.54) is 13.2 Å². The molecule has 7 heteroatoms. The zero-order valence-corrected chi connectivity index (χ0v) is 11.3. The number of hydrogen-bond donors (Lipinski definition) is 1. The predicted octanol–water partition coefficient (Wildman–Crippen LogP) is 0.427. The largest absolute Gasteiger partial charge is 0.462 e. The Labute approximate surface area is 115 Å². The Morgan fingerprint density at radius 2 is 2.30 bits per heavy atom. The minimum Gasteiger partial charge on any atom is -0.462 e. The number of hydrogen-bond acceptors (Lipinski definition) is 6. The third-order valence-corrected chi connectivity index (χ3v) is 3.00. The van der Waals surface area contributed by atoms with Crippen molar-refractivity contribution in [3.05, 3.63) is 23.9 Å². The van der Waals surface area contributed by atoms with Crippen molar-refractivity contribution >= 4 is 23.6 Å². The number of amides is 2. The summed E-state index contributed by atoms with van der Waals surface area (Å²) in [5, 5.41) is 2.84. The molecule has 0 saturated carbocycles. The van der Waals surface area contributed by atoms with Crippen LogP contribution in [0.2, 0.25) is 0 Å². The van der Waals surface area contributed by atoms with Gasteiger partial charge in [-0.25, -0.2) is 9.78 Å². The molecule has 1 saturated heterocycles. The predicted molar refractivity (Wildman–Crippen MR) is 70.0 cm³/mol. The van der Waals surface area contributed by atoms with Gasteiger partial charge in [0.25, 0.3) is 5.91 Å². The van der Waals surface area contributed by atoms with Crippen molar-refractivity contribution in [3.63, 3.8) is 0 Å². The highest BCUT2D eigenvalue weighted by Gasteiger charge is 2.36. The van der Waals surface area contributed by atoms with Gasteiger partial charge in [0.15, 0.2) is 0 Å². The lowest BCUT2D eigenvalue weighted by Crippen LogP contribution is -2.32. The molecule has 0 spiro atoms. The first-order valence-corrected chi connectivity index (χ1v) is 6.23. The first-order chi connectivity index (χ1) is 9.54. The van der Waals surface area contributed by atoms with E-state index < -0.39 is 12.0 Å². The molecule has 0 radical (unpaired) electrons. The van der Waals surface area contributed by atoms with Gasteiger partial charge >= 0.3 is 5.97 Å². The fraction of sp³-hybridized carbons (Fsp3) is 0.385. The SMILES string of the molecule is CCOC(=O)c1cccnc1NC1CC(=O)N(C)C1=O. The van der Waals surface area contributed by atoms with E-state index >= 15 is 0 Å². The number of anilines is 1. The summed E-state index contributed by atoms with van der Waals surface area (Å²) >= 11 is 0. The van der Waals surface area contributed by atoms with Gasteiger partial charge in [-0.2, -0.15) is 0 Å². The lowest BCUT2D eigenvalue weighted by molar-refractivity contribution is -0.136. The highest BCUT2D eigenvalue weighted by Crippen LogP contribution is 2.19. The van der Waals surface area contributed by atoms with Crippen molar-refractivity contribution < 1.29 is 19.1 Å². The maximum atomic E-state index is 11.8. The van der Waals surface area contributed by atoms with Crippen LogP contribution in [-0.2, 0) is 14.3 Å². The molecule has 1 aliphatic rings. The van der Waals surface area contributed by atoms with Crippen molar-refractivity contribution in [2.45, 2.75) is 19.4 Å². The number of carbonyl (C=O) groups is 3. The summed E-state index contributed by atoms with van der Waals surface area (Å²) < 4.78 is 4.92. The molecule has 1 aromatic rings. The number of likely N-dealkylation sites (N-methyl/N-ethyl adjacent to an activating group) is 1. The van der Waals surface area contributed by atoms with Crippen molar-refractivity contribution in [2.75, 3.05) is 19.0 Å². The highest BCUT2D eigenvalue weighted by atomic mass is 16.5. The van der Waals surface area contributed by atoms with E-state index in [1.54, 1.807) is 19.1 Å². The second-order valence-corrected chi connectivity index (χ2v) is 4.31. The highest BCUT2D eigenvalue weighted by molar-refractivity contribution is 6.07. The van der Waals surface area contributed by atoms with Crippen molar-refractivity contribution in [1.29, 1.82) is 0 Å². The molecule has 2 amide bonds. The lowest BCUT2D eigenvalue weighted by Gasteiger charge is -2.14. The average molecular weight is 277 g/mol. The summed E-state index contributed by atoms with van der Waals surface area (Å²) in [5.74, 6) is -0.878. The van der Waals surface area contributed by atoms with Gasteiger partial charge in [0, 0.05) is 13.2 Å². The molecule has 1 aliphatic heterocycles. The smallest absolute Gasteiger partial charge is 0.341 e. The number of pyridine rings is 1. The minimum absolute atomic E-state index is 0.0498. The molecule has 1 N–H and O–H groups in total. The van der Waals surface area contributed by atoms with Gasteiger partial charge in [-0.15, -0.1) is 0 Å². The molecule has 7 nitrogen and oxygen atoms in total. The van der Waals surface area contributed by atoms with Crippen LogP contribution < -0.4 is 5.32 Å². The molecule has 2 heterocycles. The zero-order valence-electron chi connectivity index (χ0n) is 11.3. The van der Waals surface area contributed by atoms with Gasteiger partial charge in [0.1, 0.15) is 17.4 Å². The Kier molecular flexibility index (Phi) is 3.97. The van der Waals surface area contributed by atoms with E-state index in [4.69, 9.17) is 4.74 Å². The number of nitrogens with one attached hydrogen (secondary N) is 1. The summed E-state index contributed by atoms with van der Waals surface area (Å²) in [6.45, 7) is 1.95. The molecule has 1 atom stereocenters. The Hall–Kier alpha value is -2.44. The second-order valence-electron chi connectivity index (χ2n) is 4.31. The number of likely N-dealkylation sites (tertiary alicyclic amines) is 1. The zero-order chi connectivity index (χ0) is 14.7. The molecular formula is C13H15N3O4. The molecule has 2 rings (SSSR count). The van der Waals surface area contributed by atoms with Gasteiger partial charge in [-0.05, 0) is 19.1 Å². The van der Waals surface area contributed by atoms with Crippen LogP contribution >= 0.6 is 0 Å². The van der Waals surface area contributed by atoms with Crippen LogP contribution in [-0.4, -0.2) is 47.4 Å². The molecule has 106 valence electrons. The van der Waals surface area contributed by atoms with Crippen molar-refractivity contribution in [1.82, 2.24) is 9.88 Å². The molecule has 0 bridgehead atoms. The van der Waals surface area contributed by atoms with Crippen LogP contribution in [0.25, 0.3) is 0 Å². The number of carbonyl (C=O) groups excluding carboxylic acids is 3. The Morgan fingerprint density at radius 1 is 1.55 bits per heavy atom. The van der Waals surface area contributed by atoms with Crippen LogP contribution in [0, 0.1) is 0 Å². The van der Waals surface area contributed by atoms with Gasteiger partial charge in [0.05, 0.1) is 13.0 Å². The number of nitrogens with zero attached hydrogens (tertiary/aromatic N) is 2. The van der Waals surface area contributed by atoms with Crippen LogP contribution in [0.15, 0.2) is 18.3 Å². The first-order valence-electron chi connectivity index (χ1n) is 6.23. The summed E-state index contributed by atoms with van der Waals surface area (Å²) in [7, 11) is 1.43. The summed E-state index contributed by atoms with van der Waals surface area (Å²) in [6, 6.07) is 2.46. The molecule has 1 aromatic heterocycles. The average Bonchev–Trinajstić information content (AvgIpc) is 2.67.